The molecule has 0 saturated carbocycles. The van der Waals surface area contributed by atoms with Crippen molar-refractivity contribution in [3.05, 3.63) is 24.2 Å². The fraction of sp³-hybridized carbons (Fsp3) is 0.643. The molecule has 1 aromatic rings. The summed E-state index contributed by atoms with van der Waals surface area (Å²) >= 11 is 0. The van der Waals surface area contributed by atoms with Crippen LogP contribution in [0.15, 0.2) is 22.8 Å². The van der Waals surface area contributed by atoms with E-state index >= 15 is 0 Å². The van der Waals surface area contributed by atoms with E-state index in [2.05, 4.69) is 19.2 Å². The lowest BCUT2D eigenvalue weighted by atomic mass is 9.97. The molecule has 0 aromatic carbocycles. The Morgan fingerprint density at radius 2 is 2.17 bits per heavy atom. The van der Waals surface area contributed by atoms with E-state index in [0.717, 1.165) is 18.6 Å². The third-order valence-corrected chi connectivity index (χ3v) is 3.64. The van der Waals surface area contributed by atoms with Gasteiger partial charge in [0.1, 0.15) is 5.76 Å². The van der Waals surface area contributed by atoms with Gasteiger partial charge in [-0.2, -0.15) is 0 Å². The number of hydrogen-bond donors (Lipinski definition) is 1. The van der Waals surface area contributed by atoms with E-state index in [-0.39, 0.29) is 5.91 Å². The molecule has 1 amide bonds. The summed E-state index contributed by atoms with van der Waals surface area (Å²) < 4.78 is 5.22. The van der Waals surface area contributed by atoms with Crippen molar-refractivity contribution < 1.29 is 9.21 Å². The first-order chi connectivity index (χ1) is 8.68. The number of carbonyl (C=O) groups excluding carboxylic acids is 1. The van der Waals surface area contributed by atoms with Gasteiger partial charge in [0.05, 0.1) is 19.4 Å². The van der Waals surface area contributed by atoms with Crippen molar-refractivity contribution in [2.24, 2.45) is 0 Å². The van der Waals surface area contributed by atoms with Gasteiger partial charge in [0.15, 0.2) is 0 Å². The average molecular weight is 250 g/mol. The van der Waals surface area contributed by atoms with Crippen molar-refractivity contribution in [1.29, 1.82) is 0 Å². The minimum atomic E-state index is 0.196. The average Bonchev–Trinajstić information content (AvgIpc) is 2.82. The first-order valence-corrected chi connectivity index (χ1v) is 6.72. The Kier molecular flexibility index (Phi) is 4.42. The summed E-state index contributed by atoms with van der Waals surface area (Å²) in [5.41, 5.74) is 0. The smallest absolute Gasteiger partial charge is 0.237 e. The monoisotopic (exact) mass is 250 g/mol. The van der Waals surface area contributed by atoms with Crippen molar-refractivity contribution in [3.63, 3.8) is 0 Å². The Morgan fingerprint density at radius 3 is 2.78 bits per heavy atom. The van der Waals surface area contributed by atoms with Crippen LogP contribution < -0.4 is 5.32 Å². The number of likely N-dealkylation sites (tertiary alicyclic amines) is 1. The molecule has 0 unspecified atom stereocenters. The predicted molar refractivity (Wildman–Crippen MR) is 70.0 cm³/mol. The standard InChI is InChI=1S/C14H22N2O2/c1-11-5-3-6-12(2)16(11)14(17)10-15-9-13-7-4-8-18-13/h4,7-8,11-12,15H,3,5-6,9-10H2,1-2H3/t11-,12-/m1/s1. The Labute approximate surface area is 108 Å². The number of nitrogens with one attached hydrogen (secondary N) is 1. The number of furan rings is 1. The molecular weight excluding hydrogens is 228 g/mol. The Morgan fingerprint density at radius 1 is 1.44 bits per heavy atom. The number of piperidine rings is 1. The summed E-state index contributed by atoms with van der Waals surface area (Å²) in [5.74, 6) is 1.06. The largest absolute Gasteiger partial charge is 0.468 e. The second kappa shape index (κ2) is 6.05. The molecule has 18 heavy (non-hydrogen) atoms. The minimum Gasteiger partial charge on any atom is -0.468 e. The quantitative estimate of drug-likeness (QED) is 0.890. The van der Waals surface area contributed by atoms with Crippen molar-refractivity contribution >= 4 is 5.91 Å². The molecule has 1 aliphatic rings. The lowest BCUT2D eigenvalue weighted by Gasteiger charge is -2.39. The predicted octanol–water partition coefficient (Wildman–Crippen LogP) is 2.16. The van der Waals surface area contributed by atoms with E-state index < -0.39 is 0 Å². The number of hydrogen-bond acceptors (Lipinski definition) is 3. The molecule has 4 heteroatoms. The fourth-order valence-corrected chi connectivity index (χ4v) is 2.71. The molecule has 2 rings (SSSR count). The van der Waals surface area contributed by atoms with Crippen LogP contribution in [0.4, 0.5) is 0 Å². The van der Waals surface area contributed by atoms with Gasteiger partial charge < -0.3 is 14.6 Å². The third-order valence-electron chi connectivity index (χ3n) is 3.64. The van der Waals surface area contributed by atoms with E-state index in [1.54, 1.807) is 6.26 Å². The van der Waals surface area contributed by atoms with E-state index in [1.807, 2.05) is 17.0 Å². The van der Waals surface area contributed by atoms with Gasteiger partial charge >= 0.3 is 0 Å². The van der Waals surface area contributed by atoms with Crippen LogP contribution in [-0.2, 0) is 11.3 Å². The van der Waals surface area contributed by atoms with Crippen LogP contribution in [0.5, 0.6) is 0 Å². The highest BCUT2D eigenvalue weighted by Crippen LogP contribution is 2.22. The van der Waals surface area contributed by atoms with Gasteiger partial charge in [-0.3, -0.25) is 4.79 Å². The highest BCUT2D eigenvalue weighted by Gasteiger charge is 2.28. The van der Waals surface area contributed by atoms with Gasteiger partial charge in [-0.05, 0) is 45.2 Å². The second-order valence-corrected chi connectivity index (χ2v) is 5.11. The van der Waals surface area contributed by atoms with E-state index in [1.165, 1.54) is 6.42 Å². The molecule has 1 aliphatic heterocycles. The van der Waals surface area contributed by atoms with Crippen LogP contribution in [0.25, 0.3) is 0 Å². The zero-order valence-corrected chi connectivity index (χ0v) is 11.2. The van der Waals surface area contributed by atoms with Crippen LogP contribution in [0.3, 0.4) is 0 Å². The maximum absolute atomic E-state index is 12.2. The van der Waals surface area contributed by atoms with Gasteiger partial charge in [0, 0.05) is 12.1 Å². The molecule has 0 aliphatic carbocycles. The Hall–Kier alpha value is -1.29. The van der Waals surface area contributed by atoms with Gasteiger partial charge in [-0.25, -0.2) is 0 Å². The first-order valence-electron chi connectivity index (χ1n) is 6.72. The van der Waals surface area contributed by atoms with Crippen molar-refractivity contribution in [1.82, 2.24) is 10.2 Å². The molecular formula is C14H22N2O2. The lowest BCUT2D eigenvalue weighted by molar-refractivity contribution is -0.136. The minimum absolute atomic E-state index is 0.196. The SMILES string of the molecule is C[C@@H]1CCC[C@@H](C)N1C(=O)CNCc1ccco1. The molecule has 100 valence electrons. The molecule has 1 N–H and O–H groups in total. The first kappa shape index (κ1) is 13.1. The molecule has 0 radical (unpaired) electrons. The summed E-state index contributed by atoms with van der Waals surface area (Å²) in [4.78, 5) is 14.2. The van der Waals surface area contributed by atoms with Crippen molar-refractivity contribution in [2.45, 2.75) is 51.7 Å². The molecule has 1 fully saturated rings. The Bertz CT molecular complexity index is 365. The van der Waals surface area contributed by atoms with Gasteiger partial charge in [0.2, 0.25) is 5.91 Å². The van der Waals surface area contributed by atoms with Crippen LogP contribution in [0, 0.1) is 0 Å². The topological polar surface area (TPSA) is 45.5 Å². The molecule has 0 bridgehead atoms. The van der Waals surface area contributed by atoms with E-state index in [9.17, 15) is 4.79 Å². The Balaban J connectivity index is 1.79. The summed E-state index contributed by atoms with van der Waals surface area (Å²) in [6.07, 6.45) is 5.11. The molecule has 1 saturated heterocycles. The summed E-state index contributed by atoms with van der Waals surface area (Å²) in [7, 11) is 0. The highest BCUT2D eigenvalue weighted by molar-refractivity contribution is 5.79. The number of nitrogens with zero attached hydrogens (tertiary/aromatic N) is 1. The fourth-order valence-electron chi connectivity index (χ4n) is 2.71. The van der Waals surface area contributed by atoms with E-state index in [4.69, 9.17) is 4.42 Å². The second-order valence-electron chi connectivity index (χ2n) is 5.11. The highest BCUT2D eigenvalue weighted by atomic mass is 16.3. The van der Waals surface area contributed by atoms with Gasteiger partial charge in [0.25, 0.3) is 0 Å². The molecule has 2 atom stereocenters. The van der Waals surface area contributed by atoms with Gasteiger partial charge in [-0.15, -0.1) is 0 Å². The third kappa shape index (κ3) is 3.13. The van der Waals surface area contributed by atoms with Crippen LogP contribution in [0.2, 0.25) is 0 Å². The van der Waals surface area contributed by atoms with Gasteiger partial charge in [-0.1, -0.05) is 0 Å². The van der Waals surface area contributed by atoms with Crippen molar-refractivity contribution in [3.8, 4) is 0 Å². The normalized spacial score (nSPS) is 24.2. The number of rotatable bonds is 4. The summed E-state index contributed by atoms with van der Waals surface area (Å²) in [5, 5.41) is 3.14. The molecule has 4 nitrogen and oxygen atoms in total. The molecule has 0 spiro atoms. The van der Waals surface area contributed by atoms with E-state index in [0.29, 0.717) is 25.2 Å². The zero-order valence-electron chi connectivity index (χ0n) is 11.2. The lowest BCUT2D eigenvalue weighted by Crippen LogP contribution is -2.50. The van der Waals surface area contributed by atoms with Crippen LogP contribution in [-0.4, -0.2) is 29.4 Å². The van der Waals surface area contributed by atoms with Crippen molar-refractivity contribution in [2.75, 3.05) is 6.54 Å². The zero-order chi connectivity index (χ0) is 13.0. The number of amides is 1. The summed E-state index contributed by atoms with van der Waals surface area (Å²) in [6.45, 7) is 5.27. The van der Waals surface area contributed by atoms with Crippen LogP contribution >= 0.6 is 0 Å². The number of carbonyl (C=O) groups is 1. The maximum atomic E-state index is 12.2. The maximum Gasteiger partial charge on any atom is 0.237 e. The molecule has 2 heterocycles. The molecule has 1 aromatic heterocycles. The van der Waals surface area contributed by atoms with Crippen LogP contribution in [0.1, 0.15) is 38.9 Å². The summed E-state index contributed by atoms with van der Waals surface area (Å²) in [6, 6.07) is 4.50.